The summed E-state index contributed by atoms with van der Waals surface area (Å²) in [6.45, 7) is 7.08. The molecule has 18 heavy (non-hydrogen) atoms. The molecule has 1 aliphatic rings. The van der Waals surface area contributed by atoms with Gasteiger partial charge in [-0.2, -0.15) is 0 Å². The molecular weight excluding hydrogens is 292 g/mol. The van der Waals surface area contributed by atoms with Gasteiger partial charge in [-0.05, 0) is 40.9 Å². The van der Waals surface area contributed by atoms with E-state index in [2.05, 4.69) is 52.2 Å². The quantitative estimate of drug-likeness (QED) is 0.908. The van der Waals surface area contributed by atoms with Gasteiger partial charge in [-0.25, -0.2) is 0 Å². The van der Waals surface area contributed by atoms with E-state index >= 15 is 0 Å². The molecule has 1 aliphatic heterocycles. The average molecular weight is 313 g/mol. The average Bonchev–Trinajstić information content (AvgIpc) is 2.79. The number of halogens is 1. The standard InChI is InChI=1S/C14H21BrN2O/c1-11(2)17-9-14(5-6-18-10-14)7-13-4-3-12(15)8-16-13/h3-4,8,11,17H,5-7,9-10H2,1-2H3. The van der Waals surface area contributed by atoms with Gasteiger partial charge >= 0.3 is 0 Å². The maximum atomic E-state index is 5.61. The third-order valence-electron chi connectivity index (χ3n) is 3.42. The Labute approximate surface area is 117 Å². The van der Waals surface area contributed by atoms with Crippen molar-refractivity contribution >= 4 is 15.9 Å². The largest absolute Gasteiger partial charge is 0.381 e. The Morgan fingerprint density at radius 2 is 2.33 bits per heavy atom. The summed E-state index contributed by atoms with van der Waals surface area (Å²) in [4.78, 5) is 4.48. The van der Waals surface area contributed by atoms with Crippen LogP contribution < -0.4 is 5.32 Å². The van der Waals surface area contributed by atoms with Crippen LogP contribution in [0.2, 0.25) is 0 Å². The van der Waals surface area contributed by atoms with Gasteiger partial charge in [-0.3, -0.25) is 4.98 Å². The van der Waals surface area contributed by atoms with Crippen molar-refractivity contribution in [3.8, 4) is 0 Å². The lowest BCUT2D eigenvalue weighted by Crippen LogP contribution is -2.39. The Hall–Kier alpha value is -0.450. The molecule has 0 aromatic carbocycles. The second-order valence-electron chi connectivity index (χ2n) is 5.48. The van der Waals surface area contributed by atoms with Crippen LogP contribution in [0.3, 0.4) is 0 Å². The molecule has 100 valence electrons. The molecule has 1 unspecified atom stereocenters. The molecular formula is C14H21BrN2O. The zero-order valence-corrected chi connectivity index (χ0v) is 12.7. The van der Waals surface area contributed by atoms with Crippen LogP contribution in [0.25, 0.3) is 0 Å². The molecule has 1 aromatic heterocycles. The summed E-state index contributed by atoms with van der Waals surface area (Å²) in [5.74, 6) is 0. The second-order valence-corrected chi connectivity index (χ2v) is 6.40. The maximum absolute atomic E-state index is 5.61. The smallest absolute Gasteiger partial charge is 0.0539 e. The van der Waals surface area contributed by atoms with Crippen molar-refractivity contribution in [3.63, 3.8) is 0 Å². The number of hydrogen-bond acceptors (Lipinski definition) is 3. The molecule has 1 aromatic rings. The molecule has 3 nitrogen and oxygen atoms in total. The van der Waals surface area contributed by atoms with Crippen LogP contribution in [0.4, 0.5) is 0 Å². The molecule has 2 rings (SSSR count). The van der Waals surface area contributed by atoms with Gasteiger partial charge in [-0.15, -0.1) is 0 Å². The Balaban J connectivity index is 2.03. The molecule has 2 heterocycles. The molecule has 0 bridgehead atoms. The van der Waals surface area contributed by atoms with Crippen molar-refractivity contribution < 1.29 is 4.74 Å². The molecule has 0 aliphatic carbocycles. The topological polar surface area (TPSA) is 34.2 Å². The number of ether oxygens (including phenoxy) is 1. The zero-order chi connectivity index (χ0) is 13.0. The van der Waals surface area contributed by atoms with Crippen LogP contribution in [0, 0.1) is 5.41 Å². The Kier molecular flexibility index (Phi) is 4.76. The van der Waals surface area contributed by atoms with E-state index in [1.54, 1.807) is 0 Å². The minimum absolute atomic E-state index is 0.213. The molecule has 1 N–H and O–H groups in total. The van der Waals surface area contributed by atoms with Crippen LogP contribution in [0.5, 0.6) is 0 Å². The summed E-state index contributed by atoms with van der Waals surface area (Å²) in [6.07, 6.45) is 3.97. The van der Waals surface area contributed by atoms with Gasteiger partial charge in [0, 0.05) is 41.0 Å². The van der Waals surface area contributed by atoms with Gasteiger partial charge in [0.05, 0.1) is 6.61 Å². The van der Waals surface area contributed by atoms with Gasteiger partial charge in [0.1, 0.15) is 0 Å². The van der Waals surface area contributed by atoms with Crippen LogP contribution >= 0.6 is 15.9 Å². The second kappa shape index (κ2) is 6.13. The molecule has 0 saturated carbocycles. The number of pyridine rings is 1. The highest BCUT2D eigenvalue weighted by molar-refractivity contribution is 9.10. The van der Waals surface area contributed by atoms with Crippen molar-refractivity contribution in [3.05, 3.63) is 28.5 Å². The highest BCUT2D eigenvalue weighted by atomic mass is 79.9. The van der Waals surface area contributed by atoms with E-state index in [1.807, 2.05) is 6.20 Å². The first-order chi connectivity index (χ1) is 8.60. The number of rotatable bonds is 5. The Morgan fingerprint density at radius 1 is 1.50 bits per heavy atom. The summed E-state index contributed by atoms with van der Waals surface area (Å²) in [7, 11) is 0. The molecule has 4 heteroatoms. The summed E-state index contributed by atoms with van der Waals surface area (Å²) in [6, 6.07) is 4.67. The first-order valence-electron chi connectivity index (χ1n) is 6.51. The third-order valence-corrected chi connectivity index (χ3v) is 3.88. The summed E-state index contributed by atoms with van der Waals surface area (Å²) in [5.41, 5.74) is 1.36. The van der Waals surface area contributed by atoms with E-state index in [0.717, 1.165) is 42.8 Å². The Bertz CT molecular complexity index is 372. The van der Waals surface area contributed by atoms with Crippen LogP contribution in [0.15, 0.2) is 22.8 Å². The first-order valence-corrected chi connectivity index (χ1v) is 7.31. The number of nitrogens with one attached hydrogen (secondary N) is 1. The highest BCUT2D eigenvalue weighted by Gasteiger charge is 2.35. The predicted molar refractivity (Wildman–Crippen MR) is 76.6 cm³/mol. The summed E-state index contributed by atoms with van der Waals surface area (Å²) in [5, 5.41) is 3.54. The minimum Gasteiger partial charge on any atom is -0.381 e. The molecule has 1 fully saturated rings. The predicted octanol–water partition coefficient (Wildman–Crippen LogP) is 2.79. The van der Waals surface area contributed by atoms with Crippen molar-refractivity contribution in [1.29, 1.82) is 0 Å². The minimum atomic E-state index is 0.213. The van der Waals surface area contributed by atoms with Crippen molar-refractivity contribution in [2.45, 2.75) is 32.7 Å². The fourth-order valence-corrected chi connectivity index (χ4v) is 2.54. The Morgan fingerprint density at radius 3 is 2.89 bits per heavy atom. The molecule has 0 spiro atoms. The van der Waals surface area contributed by atoms with E-state index in [1.165, 1.54) is 0 Å². The van der Waals surface area contributed by atoms with E-state index < -0.39 is 0 Å². The van der Waals surface area contributed by atoms with Crippen LogP contribution in [0.1, 0.15) is 26.0 Å². The highest BCUT2D eigenvalue weighted by Crippen LogP contribution is 2.31. The maximum Gasteiger partial charge on any atom is 0.0539 e. The van der Waals surface area contributed by atoms with E-state index in [-0.39, 0.29) is 5.41 Å². The molecule has 0 amide bonds. The molecule has 1 atom stereocenters. The SMILES string of the molecule is CC(C)NCC1(Cc2ccc(Br)cn2)CCOC1. The molecule has 1 saturated heterocycles. The fraction of sp³-hybridized carbons (Fsp3) is 0.643. The van der Waals surface area contributed by atoms with Gasteiger partial charge in [0.15, 0.2) is 0 Å². The van der Waals surface area contributed by atoms with Crippen molar-refractivity contribution in [1.82, 2.24) is 10.3 Å². The fourth-order valence-electron chi connectivity index (χ4n) is 2.31. The lowest BCUT2D eigenvalue weighted by atomic mass is 9.82. The van der Waals surface area contributed by atoms with Crippen LogP contribution in [-0.4, -0.2) is 30.8 Å². The van der Waals surface area contributed by atoms with E-state index in [9.17, 15) is 0 Å². The third kappa shape index (κ3) is 3.77. The monoisotopic (exact) mass is 312 g/mol. The molecule has 0 radical (unpaired) electrons. The van der Waals surface area contributed by atoms with Crippen LogP contribution in [-0.2, 0) is 11.2 Å². The zero-order valence-electron chi connectivity index (χ0n) is 11.1. The summed E-state index contributed by atoms with van der Waals surface area (Å²) < 4.78 is 6.64. The van der Waals surface area contributed by atoms with E-state index in [4.69, 9.17) is 4.74 Å². The van der Waals surface area contributed by atoms with Gasteiger partial charge in [0.2, 0.25) is 0 Å². The van der Waals surface area contributed by atoms with Crippen molar-refractivity contribution in [2.24, 2.45) is 5.41 Å². The normalized spacial score (nSPS) is 23.8. The first kappa shape index (κ1) is 14.0. The lowest BCUT2D eigenvalue weighted by molar-refractivity contribution is 0.147. The van der Waals surface area contributed by atoms with Gasteiger partial charge in [-0.1, -0.05) is 13.8 Å². The van der Waals surface area contributed by atoms with Gasteiger partial charge in [0.25, 0.3) is 0 Å². The lowest BCUT2D eigenvalue weighted by Gasteiger charge is -2.28. The number of hydrogen-bond donors (Lipinski definition) is 1. The van der Waals surface area contributed by atoms with Crippen molar-refractivity contribution in [2.75, 3.05) is 19.8 Å². The summed E-state index contributed by atoms with van der Waals surface area (Å²) >= 11 is 3.42. The number of aromatic nitrogens is 1. The van der Waals surface area contributed by atoms with Gasteiger partial charge < -0.3 is 10.1 Å². The number of nitrogens with zero attached hydrogens (tertiary/aromatic N) is 1. The van der Waals surface area contributed by atoms with E-state index in [0.29, 0.717) is 6.04 Å².